The molecule has 0 spiro atoms. The normalized spacial score (nSPS) is 21.5. The van der Waals surface area contributed by atoms with E-state index in [9.17, 15) is 0 Å². The van der Waals surface area contributed by atoms with Gasteiger partial charge in [0.05, 0.1) is 0 Å². The summed E-state index contributed by atoms with van der Waals surface area (Å²) in [6.07, 6.45) is 11.4. The second kappa shape index (κ2) is 6.32. The van der Waals surface area contributed by atoms with Crippen LogP contribution in [0.15, 0.2) is 12.7 Å². The van der Waals surface area contributed by atoms with Gasteiger partial charge in [-0.05, 0) is 44.1 Å². The SMILES string of the molecule is C=CCCC(NCCC)C1(C)CCCC1. The Kier molecular flexibility index (Phi) is 5.38. The highest BCUT2D eigenvalue weighted by molar-refractivity contribution is 4.92. The molecule has 0 saturated heterocycles. The van der Waals surface area contributed by atoms with E-state index in [0.29, 0.717) is 11.5 Å². The van der Waals surface area contributed by atoms with E-state index in [1.807, 2.05) is 0 Å². The van der Waals surface area contributed by atoms with E-state index in [-0.39, 0.29) is 0 Å². The Labute approximate surface area is 95.3 Å². The van der Waals surface area contributed by atoms with E-state index < -0.39 is 0 Å². The zero-order valence-corrected chi connectivity index (χ0v) is 10.5. The van der Waals surface area contributed by atoms with Crippen LogP contribution in [0.2, 0.25) is 0 Å². The van der Waals surface area contributed by atoms with E-state index in [2.05, 4.69) is 31.8 Å². The van der Waals surface area contributed by atoms with Gasteiger partial charge in [0.15, 0.2) is 0 Å². The van der Waals surface area contributed by atoms with E-state index in [0.717, 1.165) is 13.0 Å². The minimum Gasteiger partial charge on any atom is -0.313 e. The Hall–Kier alpha value is -0.300. The van der Waals surface area contributed by atoms with Gasteiger partial charge in [-0.15, -0.1) is 6.58 Å². The molecule has 1 aliphatic carbocycles. The molecule has 1 heteroatoms. The fourth-order valence-corrected chi connectivity index (χ4v) is 2.83. The van der Waals surface area contributed by atoms with E-state index >= 15 is 0 Å². The van der Waals surface area contributed by atoms with Crippen LogP contribution in [0.5, 0.6) is 0 Å². The smallest absolute Gasteiger partial charge is 0.0124 e. The molecule has 88 valence electrons. The molecule has 1 saturated carbocycles. The van der Waals surface area contributed by atoms with Crippen molar-refractivity contribution >= 4 is 0 Å². The van der Waals surface area contributed by atoms with Crippen LogP contribution >= 0.6 is 0 Å². The van der Waals surface area contributed by atoms with Crippen molar-refractivity contribution < 1.29 is 0 Å². The van der Waals surface area contributed by atoms with Crippen molar-refractivity contribution in [2.75, 3.05) is 6.54 Å². The molecule has 0 aliphatic heterocycles. The molecule has 0 aromatic heterocycles. The van der Waals surface area contributed by atoms with Gasteiger partial charge in [0, 0.05) is 6.04 Å². The van der Waals surface area contributed by atoms with Gasteiger partial charge in [0.25, 0.3) is 0 Å². The number of nitrogens with one attached hydrogen (secondary N) is 1. The second-order valence-corrected chi connectivity index (χ2v) is 5.23. The van der Waals surface area contributed by atoms with Crippen molar-refractivity contribution in [1.29, 1.82) is 0 Å². The second-order valence-electron chi connectivity index (χ2n) is 5.23. The number of allylic oxidation sites excluding steroid dienone is 1. The minimum atomic E-state index is 0.554. The molecule has 1 fully saturated rings. The van der Waals surface area contributed by atoms with Crippen molar-refractivity contribution in [3.63, 3.8) is 0 Å². The zero-order valence-electron chi connectivity index (χ0n) is 10.5. The van der Waals surface area contributed by atoms with Crippen LogP contribution in [0.4, 0.5) is 0 Å². The molecule has 0 radical (unpaired) electrons. The molecule has 0 heterocycles. The number of hydrogen-bond acceptors (Lipinski definition) is 1. The summed E-state index contributed by atoms with van der Waals surface area (Å²) in [4.78, 5) is 0. The highest BCUT2D eigenvalue weighted by atomic mass is 14.9. The van der Waals surface area contributed by atoms with Crippen molar-refractivity contribution in [3.05, 3.63) is 12.7 Å². The van der Waals surface area contributed by atoms with Crippen molar-refractivity contribution in [2.45, 2.75) is 64.8 Å². The maximum Gasteiger partial charge on any atom is 0.0124 e. The van der Waals surface area contributed by atoms with Gasteiger partial charge in [-0.2, -0.15) is 0 Å². The molecule has 1 N–H and O–H groups in total. The number of rotatable bonds is 7. The maximum atomic E-state index is 3.83. The average molecular weight is 209 g/mol. The quantitative estimate of drug-likeness (QED) is 0.627. The van der Waals surface area contributed by atoms with Gasteiger partial charge in [-0.25, -0.2) is 0 Å². The van der Waals surface area contributed by atoms with Crippen LogP contribution in [0.1, 0.15) is 58.8 Å². The first-order valence-electron chi connectivity index (χ1n) is 6.57. The van der Waals surface area contributed by atoms with Crippen LogP contribution in [0.3, 0.4) is 0 Å². The van der Waals surface area contributed by atoms with Crippen molar-refractivity contribution in [2.24, 2.45) is 5.41 Å². The van der Waals surface area contributed by atoms with Gasteiger partial charge in [-0.3, -0.25) is 0 Å². The Morgan fingerprint density at radius 1 is 1.40 bits per heavy atom. The van der Waals surface area contributed by atoms with E-state index in [1.54, 1.807) is 0 Å². The standard InChI is InChI=1S/C14H27N/c1-4-6-9-13(15-12-5-2)14(3)10-7-8-11-14/h4,13,15H,1,5-12H2,2-3H3. The highest BCUT2D eigenvalue weighted by Crippen LogP contribution is 2.41. The molecular formula is C14H27N. The topological polar surface area (TPSA) is 12.0 Å². The third-order valence-electron chi connectivity index (χ3n) is 3.89. The molecule has 1 unspecified atom stereocenters. The molecule has 1 atom stereocenters. The summed E-state index contributed by atoms with van der Waals surface area (Å²) in [5.41, 5.74) is 0.554. The van der Waals surface area contributed by atoms with Crippen molar-refractivity contribution in [3.8, 4) is 0 Å². The van der Waals surface area contributed by atoms with Crippen LogP contribution in [0.25, 0.3) is 0 Å². The van der Waals surface area contributed by atoms with Gasteiger partial charge in [-0.1, -0.05) is 32.8 Å². The van der Waals surface area contributed by atoms with Gasteiger partial charge in [0.1, 0.15) is 0 Å². The summed E-state index contributed by atoms with van der Waals surface area (Å²) >= 11 is 0. The molecule has 0 amide bonds. The molecule has 15 heavy (non-hydrogen) atoms. The van der Waals surface area contributed by atoms with Crippen molar-refractivity contribution in [1.82, 2.24) is 5.32 Å². The Balaban J connectivity index is 2.48. The molecular weight excluding hydrogens is 182 g/mol. The Morgan fingerprint density at radius 2 is 2.07 bits per heavy atom. The lowest BCUT2D eigenvalue weighted by molar-refractivity contribution is 0.211. The fourth-order valence-electron chi connectivity index (χ4n) is 2.83. The largest absolute Gasteiger partial charge is 0.313 e. The first-order chi connectivity index (χ1) is 7.23. The summed E-state index contributed by atoms with van der Waals surface area (Å²) in [6, 6.07) is 0.706. The fraction of sp³-hybridized carbons (Fsp3) is 0.857. The first-order valence-corrected chi connectivity index (χ1v) is 6.57. The summed E-state index contributed by atoms with van der Waals surface area (Å²) in [7, 11) is 0. The van der Waals surface area contributed by atoms with Gasteiger partial charge < -0.3 is 5.32 Å². The molecule has 1 rings (SSSR count). The molecule has 0 bridgehead atoms. The molecule has 1 nitrogen and oxygen atoms in total. The van der Waals surface area contributed by atoms with Crippen LogP contribution in [0, 0.1) is 5.41 Å². The zero-order chi connectivity index (χ0) is 11.1. The van der Waals surface area contributed by atoms with Crippen LogP contribution < -0.4 is 5.32 Å². The third-order valence-corrected chi connectivity index (χ3v) is 3.89. The van der Waals surface area contributed by atoms with Gasteiger partial charge in [0.2, 0.25) is 0 Å². The molecule has 0 aromatic carbocycles. The van der Waals surface area contributed by atoms with Gasteiger partial charge >= 0.3 is 0 Å². The summed E-state index contributed by atoms with van der Waals surface area (Å²) < 4.78 is 0. The van der Waals surface area contributed by atoms with E-state index in [1.165, 1.54) is 38.5 Å². The maximum absolute atomic E-state index is 3.83. The first kappa shape index (κ1) is 12.8. The summed E-state index contributed by atoms with van der Waals surface area (Å²) in [5, 5.41) is 3.74. The molecule has 0 aromatic rings. The van der Waals surface area contributed by atoms with Crippen LogP contribution in [-0.4, -0.2) is 12.6 Å². The Morgan fingerprint density at radius 3 is 2.60 bits per heavy atom. The van der Waals surface area contributed by atoms with E-state index in [4.69, 9.17) is 0 Å². The monoisotopic (exact) mass is 209 g/mol. The van der Waals surface area contributed by atoms with Crippen LogP contribution in [-0.2, 0) is 0 Å². The third kappa shape index (κ3) is 3.64. The lowest BCUT2D eigenvalue weighted by atomic mass is 9.78. The summed E-state index contributed by atoms with van der Waals surface area (Å²) in [6.45, 7) is 9.71. The molecule has 1 aliphatic rings. The predicted octanol–water partition coefficient (Wildman–Crippen LogP) is 3.90. The minimum absolute atomic E-state index is 0.554. The lowest BCUT2D eigenvalue weighted by Crippen LogP contribution is -2.42. The number of hydrogen-bond donors (Lipinski definition) is 1. The predicted molar refractivity (Wildman–Crippen MR) is 68.1 cm³/mol. The highest BCUT2D eigenvalue weighted by Gasteiger charge is 2.35. The Bertz CT molecular complexity index is 180. The summed E-state index contributed by atoms with van der Waals surface area (Å²) in [5.74, 6) is 0. The average Bonchev–Trinajstić information content (AvgIpc) is 2.66. The lowest BCUT2D eigenvalue weighted by Gasteiger charge is -2.35.